The molecule has 0 saturated heterocycles. The van der Waals surface area contributed by atoms with E-state index in [0.717, 1.165) is 11.3 Å². The highest BCUT2D eigenvalue weighted by Crippen LogP contribution is 2.27. The molecule has 2 aromatic heterocycles. The van der Waals surface area contributed by atoms with Crippen LogP contribution in [0.25, 0.3) is 10.2 Å². The Balaban J connectivity index is 1.90. The summed E-state index contributed by atoms with van der Waals surface area (Å²) in [7, 11) is 0. The van der Waals surface area contributed by atoms with Crippen molar-refractivity contribution in [2.24, 2.45) is 0 Å². The second-order valence-electron chi connectivity index (χ2n) is 6.01. The van der Waals surface area contributed by atoms with Crippen LogP contribution in [0, 0.1) is 6.92 Å². The van der Waals surface area contributed by atoms with Crippen LogP contribution in [0.1, 0.15) is 39.4 Å². The van der Waals surface area contributed by atoms with Crippen molar-refractivity contribution >= 4 is 33.3 Å². The van der Waals surface area contributed by atoms with Crippen LogP contribution >= 0.6 is 11.3 Å². The number of carbonyl (C=O) groups excluding carboxylic acids is 2. The minimum absolute atomic E-state index is 0.139. The van der Waals surface area contributed by atoms with E-state index in [1.165, 1.54) is 10.9 Å². The molecule has 1 aromatic carbocycles. The Labute approximate surface area is 165 Å². The maximum absolute atomic E-state index is 12.9. The summed E-state index contributed by atoms with van der Waals surface area (Å²) >= 11 is 1.12. The smallest absolute Gasteiger partial charge is 0.348 e. The van der Waals surface area contributed by atoms with Gasteiger partial charge in [-0.05, 0) is 50.6 Å². The molecule has 28 heavy (non-hydrogen) atoms. The number of aryl methyl sites for hydroxylation is 1. The summed E-state index contributed by atoms with van der Waals surface area (Å²) in [5.74, 6) is -0.0103. The molecular weight excluding hydrogens is 380 g/mol. The van der Waals surface area contributed by atoms with E-state index in [-0.39, 0.29) is 24.5 Å². The number of hydrogen-bond donors (Lipinski definition) is 0. The van der Waals surface area contributed by atoms with E-state index >= 15 is 0 Å². The van der Waals surface area contributed by atoms with Crippen LogP contribution in [0.2, 0.25) is 0 Å². The number of esters is 1. The molecule has 146 valence electrons. The molecule has 3 aromatic rings. The molecule has 0 radical (unpaired) electrons. The lowest BCUT2D eigenvalue weighted by molar-refractivity contribution is 0.0531. The van der Waals surface area contributed by atoms with E-state index in [9.17, 15) is 14.4 Å². The van der Waals surface area contributed by atoms with Gasteiger partial charge in [-0.3, -0.25) is 14.2 Å². The van der Waals surface area contributed by atoms with E-state index in [2.05, 4.69) is 4.98 Å². The van der Waals surface area contributed by atoms with Crippen molar-refractivity contribution in [3.05, 3.63) is 57.0 Å². The predicted octanol–water partition coefficient (Wildman–Crippen LogP) is 3.22. The van der Waals surface area contributed by atoms with Gasteiger partial charge in [-0.15, -0.1) is 11.3 Å². The molecule has 0 spiro atoms. The molecule has 0 N–H and O–H groups in total. The molecule has 7 nitrogen and oxygen atoms in total. The Kier molecular flexibility index (Phi) is 5.89. The van der Waals surface area contributed by atoms with Gasteiger partial charge in [0.1, 0.15) is 15.5 Å². The van der Waals surface area contributed by atoms with E-state index in [0.29, 0.717) is 38.6 Å². The number of benzene rings is 1. The fourth-order valence-corrected chi connectivity index (χ4v) is 3.85. The van der Waals surface area contributed by atoms with Crippen LogP contribution in [0.5, 0.6) is 5.75 Å². The van der Waals surface area contributed by atoms with Gasteiger partial charge in [-0.25, -0.2) is 9.78 Å². The normalized spacial score (nSPS) is 10.8. The van der Waals surface area contributed by atoms with Crippen molar-refractivity contribution in [1.82, 2.24) is 9.55 Å². The number of ketones is 1. The van der Waals surface area contributed by atoms with Gasteiger partial charge in [0, 0.05) is 5.56 Å². The van der Waals surface area contributed by atoms with Gasteiger partial charge in [0.15, 0.2) is 5.78 Å². The molecule has 3 rings (SSSR count). The molecule has 0 atom stereocenters. The standard InChI is InChI=1S/C20H20N2O5S/c1-4-26-14-8-6-13(7-9-14)15(23)10-22-11-21-18-16(19(22)24)12(3)17(28-18)20(25)27-5-2/h6-9,11H,4-5,10H2,1-3H3. The summed E-state index contributed by atoms with van der Waals surface area (Å²) in [5.41, 5.74) is 0.650. The average molecular weight is 400 g/mol. The van der Waals surface area contributed by atoms with Crippen molar-refractivity contribution < 1.29 is 19.1 Å². The second kappa shape index (κ2) is 8.35. The zero-order chi connectivity index (χ0) is 20.3. The van der Waals surface area contributed by atoms with Gasteiger partial charge < -0.3 is 9.47 Å². The molecule has 0 aliphatic carbocycles. The van der Waals surface area contributed by atoms with Crippen molar-refractivity contribution in [3.63, 3.8) is 0 Å². The van der Waals surface area contributed by atoms with Crippen LogP contribution in [-0.2, 0) is 11.3 Å². The summed E-state index contributed by atoms with van der Waals surface area (Å²) in [4.78, 5) is 42.5. The van der Waals surface area contributed by atoms with Crippen LogP contribution in [0.15, 0.2) is 35.4 Å². The molecule has 0 saturated carbocycles. The van der Waals surface area contributed by atoms with Crippen molar-refractivity contribution in [3.8, 4) is 5.75 Å². The number of nitrogens with zero attached hydrogens (tertiary/aromatic N) is 2. The van der Waals surface area contributed by atoms with Crippen molar-refractivity contribution in [1.29, 1.82) is 0 Å². The number of thiophene rings is 1. The number of fused-ring (bicyclic) bond motifs is 1. The predicted molar refractivity (Wildman–Crippen MR) is 107 cm³/mol. The van der Waals surface area contributed by atoms with E-state index in [1.807, 2.05) is 6.92 Å². The van der Waals surface area contributed by atoms with E-state index < -0.39 is 5.97 Å². The van der Waals surface area contributed by atoms with Crippen LogP contribution < -0.4 is 10.3 Å². The Morgan fingerprint density at radius 1 is 1.14 bits per heavy atom. The molecule has 2 heterocycles. The highest BCUT2D eigenvalue weighted by Gasteiger charge is 2.21. The minimum Gasteiger partial charge on any atom is -0.494 e. The summed E-state index contributed by atoms with van der Waals surface area (Å²) in [6.45, 7) is 5.95. The van der Waals surface area contributed by atoms with Crippen LogP contribution in [0.3, 0.4) is 0 Å². The molecule has 0 aliphatic heterocycles. The summed E-state index contributed by atoms with van der Waals surface area (Å²) < 4.78 is 11.7. The zero-order valence-electron chi connectivity index (χ0n) is 15.9. The maximum atomic E-state index is 12.9. The fraction of sp³-hybridized carbons (Fsp3) is 0.300. The molecule has 8 heteroatoms. The first-order valence-corrected chi connectivity index (χ1v) is 9.69. The highest BCUT2D eigenvalue weighted by atomic mass is 32.1. The van der Waals surface area contributed by atoms with E-state index in [4.69, 9.17) is 9.47 Å². The third kappa shape index (κ3) is 3.82. The number of ether oxygens (including phenoxy) is 2. The summed E-state index contributed by atoms with van der Waals surface area (Å²) in [6, 6.07) is 6.77. The van der Waals surface area contributed by atoms with Gasteiger partial charge >= 0.3 is 5.97 Å². The third-order valence-electron chi connectivity index (χ3n) is 4.18. The van der Waals surface area contributed by atoms with Gasteiger partial charge in [0.2, 0.25) is 0 Å². The number of carbonyl (C=O) groups is 2. The number of Topliss-reactive ketones (excluding diaryl/α,β-unsaturated/α-hetero) is 1. The molecule has 0 fully saturated rings. The molecule has 0 amide bonds. The fourth-order valence-electron chi connectivity index (χ4n) is 2.81. The van der Waals surface area contributed by atoms with Crippen molar-refractivity contribution in [2.45, 2.75) is 27.3 Å². The quantitative estimate of drug-likeness (QED) is 0.447. The average Bonchev–Trinajstić information content (AvgIpc) is 3.02. The molecule has 0 unspecified atom stereocenters. The van der Waals surface area contributed by atoms with E-state index in [1.54, 1.807) is 38.1 Å². The first-order valence-electron chi connectivity index (χ1n) is 8.88. The number of hydrogen-bond acceptors (Lipinski definition) is 7. The molecule has 0 aliphatic rings. The summed E-state index contributed by atoms with van der Waals surface area (Å²) in [6.07, 6.45) is 1.34. The molecular formula is C20H20N2O5S. The lowest BCUT2D eigenvalue weighted by Gasteiger charge is -2.07. The largest absolute Gasteiger partial charge is 0.494 e. The SMILES string of the molecule is CCOC(=O)c1sc2ncn(CC(=O)c3ccc(OCC)cc3)c(=O)c2c1C. The van der Waals surface area contributed by atoms with Gasteiger partial charge in [-0.2, -0.15) is 0 Å². The third-order valence-corrected chi connectivity index (χ3v) is 5.36. The highest BCUT2D eigenvalue weighted by molar-refractivity contribution is 7.20. The zero-order valence-corrected chi connectivity index (χ0v) is 16.7. The van der Waals surface area contributed by atoms with Gasteiger partial charge in [0.25, 0.3) is 5.56 Å². The second-order valence-corrected chi connectivity index (χ2v) is 7.01. The molecule has 0 bridgehead atoms. The maximum Gasteiger partial charge on any atom is 0.348 e. The topological polar surface area (TPSA) is 87.5 Å². The van der Waals surface area contributed by atoms with Gasteiger partial charge in [0.05, 0.1) is 31.5 Å². The summed E-state index contributed by atoms with van der Waals surface area (Å²) in [5, 5.41) is 0.343. The Morgan fingerprint density at radius 2 is 1.86 bits per heavy atom. The minimum atomic E-state index is -0.473. The lowest BCUT2D eigenvalue weighted by atomic mass is 10.1. The van der Waals surface area contributed by atoms with Gasteiger partial charge in [-0.1, -0.05) is 0 Å². The Morgan fingerprint density at radius 3 is 2.50 bits per heavy atom. The Hall–Kier alpha value is -3.00. The van der Waals surface area contributed by atoms with Crippen molar-refractivity contribution in [2.75, 3.05) is 13.2 Å². The number of rotatable bonds is 7. The lowest BCUT2D eigenvalue weighted by Crippen LogP contribution is -2.24. The monoisotopic (exact) mass is 400 g/mol. The van der Waals surface area contributed by atoms with Crippen LogP contribution in [0.4, 0.5) is 0 Å². The Bertz CT molecular complexity index is 1080. The first-order chi connectivity index (χ1) is 13.5. The number of aromatic nitrogens is 2. The van der Waals surface area contributed by atoms with Crippen LogP contribution in [-0.4, -0.2) is 34.5 Å². The first kappa shape index (κ1) is 19.8.